The molecule has 3 N–H and O–H groups in total. The fourth-order valence-electron chi connectivity index (χ4n) is 2.47. The maximum atomic E-state index is 11.9. The van der Waals surface area contributed by atoms with Gasteiger partial charge in [0.05, 0.1) is 11.7 Å². The number of carboxylic acids is 1. The molecule has 0 aliphatic heterocycles. The molecule has 122 valence electrons. The van der Waals surface area contributed by atoms with Gasteiger partial charge < -0.3 is 20.1 Å². The van der Waals surface area contributed by atoms with Gasteiger partial charge in [0.2, 0.25) is 0 Å². The largest absolute Gasteiger partial charge is 0.505 e. The van der Waals surface area contributed by atoms with Crippen LogP contribution in [0.15, 0.2) is 48.8 Å². The molecule has 0 unspecified atom stereocenters. The van der Waals surface area contributed by atoms with Crippen molar-refractivity contribution >= 4 is 22.8 Å². The molecule has 1 aromatic carbocycles. The zero-order chi connectivity index (χ0) is 17.1. The van der Waals surface area contributed by atoms with Crippen molar-refractivity contribution in [2.75, 3.05) is 6.54 Å². The lowest BCUT2D eigenvalue weighted by Crippen LogP contribution is -2.29. The van der Waals surface area contributed by atoms with Crippen molar-refractivity contribution in [2.45, 2.75) is 6.54 Å². The Balaban J connectivity index is 1.91. The summed E-state index contributed by atoms with van der Waals surface area (Å²) in [7, 11) is 0. The van der Waals surface area contributed by atoms with E-state index < -0.39 is 18.4 Å². The van der Waals surface area contributed by atoms with Crippen LogP contribution in [0.2, 0.25) is 0 Å². The molecule has 3 aromatic rings. The summed E-state index contributed by atoms with van der Waals surface area (Å²) in [5.74, 6) is -2.16. The number of aromatic nitrogens is 2. The van der Waals surface area contributed by atoms with E-state index in [1.165, 1.54) is 6.20 Å². The first-order valence-electron chi connectivity index (χ1n) is 7.27. The molecule has 0 radical (unpaired) electrons. The monoisotopic (exact) mass is 325 g/mol. The normalized spacial score (nSPS) is 10.7. The van der Waals surface area contributed by atoms with Gasteiger partial charge in [-0.1, -0.05) is 30.3 Å². The van der Waals surface area contributed by atoms with Crippen LogP contribution in [0.3, 0.4) is 0 Å². The standard InChI is InChI=1S/C17H15N3O4/c21-14(22)9-19-17(24)15-16(23)12-6-7-20(13(12)8-18-15)10-11-4-2-1-3-5-11/h1-8,23H,9-10H2,(H,19,24)(H,21,22). The van der Waals surface area contributed by atoms with Crippen molar-refractivity contribution in [3.63, 3.8) is 0 Å². The number of nitrogens with one attached hydrogen (secondary N) is 1. The van der Waals surface area contributed by atoms with Crippen molar-refractivity contribution in [1.29, 1.82) is 0 Å². The predicted molar refractivity (Wildman–Crippen MR) is 86.9 cm³/mol. The van der Waals surface area contributed by atoms with E-state index in [-0.39, 0.29) is 11.4 Å². The number of hydrogen-bond acceptors (Lipinski definition) is 4. The van der Waals surface area contributed by atoms with Gasteiger partial charge in [0.1, 0.15) is 6.54 Å². The Bertz CT molecular complexity index is 903. The number of aliphatic carboxylic acids is 1. The maximum Gasteiger partial charge on any atom is 0.322 e. The molecule has 0 fully saturated rings. The third kappa shape index (κ3) is 3.05. The first kappa shape index (κ1) is 15.5. The van der Waals surface area contributed by atoms with Crippen LogP contribution in [0.5, 0.6) is 5.75 Å². The van der Waals surface area contributed by atoms with Gasteiger partial charge in [0, 0.05) is 18.1 Å². The molecule has 1 amide bonds. The topological polar surface area (TPSA) is 104 Å². The van der Waals surface area contributed by atoms with Crippen molar-refractivity contribution in [3.8, 4) is 5.75 Å². The van der Waals surface area contributed by atoms with Crippen LogP contribution >= 0.6 is 0 Å². The van der Waals surface area contributed by atoms with Crippen LogP contribution in [-0.2, 0) is 11.3 Å². The Morgan fingerprint density at radius 3 is 2.62 bits per heavy atom. The molecule has 3 rings (SSSR count). The molecule has 0 aliphatic rings. The number of nitrogens with zero attached hydrogens (tertiary/aromatic N) is 2. The Morgan fingerprint density at radius 2 is 1.92 bits per heavy atom. The zero-order valence-corrected chi connectivity index (χ0v) is 12.6. The highest BCUT2D eigenvalue weighted by Gasteiger charge is 2.18. The molecule has 0 bridgehead atoms. The fourth-order valence-corrected chi connectivity index (χ4v) is 2.47. The Morgan fingerprint density at radius 1 is 1.17 bits per heavy atom. The number of benzene rings is 1. The van der Waals surface area contributed by atoms with E-state index >= 15 is 0 Å². The van der Waals surface area contributed by atoms with Crippen molar-refractivity contribution in [1.82, 2.24) is 14.9 Å². The number of carbonyl (C=O) groups excluding carboxylic acids is 1. The number of pyridine rings is 1. The summed E-state index contributed by atoms with van der Waals surface area (Å²) in [5.41, 5.74) is 1.59. The van der Waals surface area contributed by atoms with Gasteiger partial charge in [0.15, 0.2) is 11.4 Å². The second-order valence-electron chi connectivity index (χ2n) is 5.26. The van der Waals surface area contributed by atoms with Crippen LogP contribution in [0.25, 0.3) is 10.9 Å². The van der Waals surface area contributed by atoms with E-state index in [9.17, 15) is 14.7 Å². The number of rotatable bonds is 5. The van der Waals surface area contributed by atoms with E-state index in [4.69, 9.17) is 5.11 Å². The molecule has 7 nitrogen and oxygen atoms in total. The van der Waals surface area contributed by atoms with E-state index in [1.807, 2.05) is 34.9 Å². The molecular formula is C17H15N3O4. The Hall–Kier alpha value is -3.35. The minimum absolute atomic E-state index is 0.193. The van der Waals surface area contributed by atoms with Gasteiger partial charge >= 0.3 is 5.97 Å². The number of fused-ring (bicyclic) bond motifs is 1. The van der Waals surface area contributed by atoms with Crippen LogP contribution in [0.1, 0.15) is 16.1 Å². The minimum atomic E-state index is -1.17. The van der Waals surface area contributed by atoms with Gasteiger partial charge in [-0.15, -0.1) is 0 Å². The van der Waals surface area contributed by atoms with Gasteiger partial charge in [0.25, 0.3) is 5.91 Å². The maximum absolute atomic E-state index is 11.9. The van der Waals surface area contributed by atoms with Crippen LogP contribution in [-0.4, -0.2) is 38.2 Å². The summed E-state index contributed by atoms with van der Waals surface area (Å²) in [5, 5.41) is 21.5. The van der Waals surface area contributed by atoms with Gasteiger partial charge in [-0.25, -0.2) is 4.98 Å². The van der Waals surface area contributed by atoms with Crippen molar-refractivity contribution in [3.05, 3.63) is 60.0 Å². The Labute approximate surface area is 137 Å². The molecule has 0 saturated heterocycles. The summed E-state index contributed by atoms with van der Waals surface area (Å²) in [6, 6.07) is 11.5. The van der Waals surface area contributed by atoms with E-state index in [0.717, 1.165) is 5.56 Å². The van der Waals surface area contributed by atoms with E-state index in [2.05, 4.69) is 10.3 Å². The number of amides is 1. The fraction of sp³-hybridized carbons (Fsp3) is 0.118. The van der Waals surface area contributed by atoms with Gasteiger partial charge in [-0.2, -0.15) is 0 Å². The molecule has 0 spiro atoms. The summed E-state index contributed by atoms with van der Waals surface area (Å²) < 4.78 is 1.91. The van der Waals surface area contributed by atoms with E-state index in [0.29, 0.717) is 17.4 Å². The SMILES string of the molecule is O=C(O)CNC(=O)c1ncc2c(ccn2Cc2ccccc2)c1O. The lowest BCUT2D eigenvalue weighted by molar-refractivity contribution is -0.135. The Kier molecular flexibility index (Phi) is 4.15. The smallest absolute Gasteiger partial charge is 0.322 e. The lowest BCUT2D eigenvalue weighted by atomic mass is 10.2. The van der Waals surface area contributed by atoms with Gasteiger partial charge in [-0.05, 0) is 11.6 Å². The van der Waals surface area contributed by atoms with Crippen molar-refractivity contribution in [2.24, 2.45) is 0 Å². The summed E-state index contributed by atoms with van der Waals surface area (Å²) in [4.78, 5) is 26.4. The van der Waals surface area contributed by atoms with Crippen molar-refractivity contribution < 1.29 is 19.8 Å². The molecule has 24 heavy (non-hydrogen) atoms. The average Bonchev–Trinajstić information content (AvgIpc) is 2.98. The number of aromatic hydroxyl groups is 1. The number of hydrogen-bond donors (Lipinski definition) is 3. The molecule has 7 heteroatoms. The first-order valence-corrected chi connectivity index (χ1v) is 7.27. The lowest BCUT2D eigenvalue weighted by Gasteiger charge is -2.08. The third-order valence-corrected chi connectivity index (χ3v) is 3.61. The molecule has 0 saturated carbocycles. The predicted octanol–water partition coefficient (Wildman–Crippen LogP) is 1.60. The minimum Gasteiger partial charge on any atom is -0.505 e. The second kappa shape index (κ2) is 6.41. The third-order valence-electron chi connectivity index (χ3n) is 3.61. The highest BCUT2D eigenvalue weighted by atomic mass is 16.4. The molecule has 0 atom stereocenters. The summed E-state index contributed by atoms with van der Waals surface area (Å²) in [6.07, 6.45) is 3.30. The van der Waals surface area contributed by atoms with Crippen LogP contribution in [0.4, 0.5) is 0 Å². The highest BCUT2D eigenvalue weighted by molar-refractivity contribution is 6.01. The molecule has 0 aliphatic carbocycles. The average molecular weight is 325 g/mol. The molecular weight excluding hydrogens is 310 g/mol. The van der Waals surface area contributed by atoms with Gasteiger partial charge in [-0.3, -0.25) is 9.59 Å². The first-order chi connectivity index (χ1) is 11.6. The van der Waals surface area contributed by atoms with E-state index in [1.54, 1.807) is 12.3 Å². The number of carbonyl (C=O) groups is 2. The zero-order valence-electron chi connectivity index (χ0n) is 12.6. The second-order valence-corrected chi connectivity index (χ2v) is 5.26. The molecule has 2 heterocycles. The van der Waals surface area contributed by atoms with Crippen LogP contribution in [0, 0.1) is 0 Å². The van der Waals surface area contributed by atoms with Crippen LogP contribution < -0.4 is 5.32 Å². The highest BCUT2D eigenvalue weighted by Crippen LogP contribution is 2.28. The number of carboxylic acid groups (broad SMARTS) is 1. The molecule has 2 aromatic heterocycles. The summed E-state index contributed by atoms with van der Waals surface area (Å²) in [6.45, 7) is 0.0724. The quantitative estimate of drug-likeness (QED) is 0.661. The summed E-state index contributed by atoms with van der Waals surface area (Å²) >= 11 is 0.